The van der Waals surface area contributed by atoms with Gasteiger partial charge in [0.2, 0.25) is 5.91 Å². The van der Waals surface area contributed by atoms with Gasteiger partial charge in [-0.3, -0.25) is 9.59 Å². The third kappa shape index (κ3) is 7.13. The average molecular weight is 782 g/mol. The van der Waals surface area contributed by atoms with Crippen LogP contribution in [0.2, 0.25) is 0 Å². The summed E-state index contributed by atoms with van der Waals surface area (Å²) in [6, 6.07) is 51.5. The number of anilines is 4. The summed E-state index contributed by atoms with van der Waals surface area (Å²) in [7, 11) is 1.99. The molecule has 0 aliphatic rings. The molecule has 0 saturated carbocycles. The summed E-state index contributed by atoms with van der Waals surface area (Å²) in [5.41, 5.74) is 14.8. The van der Waals surface area contributed by atoms with E-state index in [1.807, 2.05) is 68.6 Å². The Morgan fingerprint density at radius 2 is 0.983 bits per heavy atom. The van der Waals surface area contributed by atoms with Gasteiger partial charge in [-0.1, -0.05) is 95.6 Å². The first-order chi connectivity index (χ1) is 28.9. The summed E-state index contributed by atoms with van der Waals surface area (Å²) in [5.74, 6) is -0.250. The van der Waals surface area contributed by atoms with E-state index in [-0.39, 0.29) is 11.8 Å². The van der Waals surface area contributed by atoms with Gasteiger partial charge in [0.25, 0.3) is 5.91 Å². The van der Waals surface area contributed by atoms with Crippen LogP contribution >= 0.6 is 0 Å². The standard InChI is InChI=1S/C55H47N3O2/c1-32-9-23-48-51(26-32)53(47-22-8-33(2)27-52(47)54(48)41-13-11-39-25-34(3)24-35(4)49(39)31-41)40-12-10-38-30-50(36(5)28-42(38)29-40)55(60)57-44-16-20-46(21-17-44)58(7)45-18-14-43(15-19-45)56-37(6)59/h8-31H,1-7H3,(H,56,59)(H,57,60). The second kappa shape index (κ2) is 15.2. The molecule has 5 nitrogen and oxygen atoms in total. The molecule has 0 aromatic heterocycles. The van der Waals surface area contributed by atoms with Crippen LogP contribution in [0.4, 0.5) is 22.7 Å². The van der Waals surface area contributed by atoms with Crippen LogP contribution in [-0.4, -0.2) is 18.9 Å². The maximum absolute atomic E-state index is 13.8. The van der Waals surface area contributed by atoms with E-state index in [1.165, 1.54) is 78.2 Å². The molecule has 2 amide bonds. The molecule has 294 valence electrons. The fraction of sp³-hybridized carbons (Fsp3) is 0.127. The van der Waals surface area contributed by atoms with Crippen LogP contribution in [0.15, 0.2) is 146 Å². The molecule has 9 rings (SSSR count). The summed E-state index contributed by atoms with van der Waals surface area (Å²) in [6.45, 7) is 12.2. The highest BCUT2D eigenvalue weighted by molar-refractivity contribution is 6.22. The van der Waals surface area contributed by atoms with Gasteiger partial charge in [0.05, 0.1) is 0 Å². The molecule has 0 heterocycles. The first-order valence-electron chi connectivity index (χ1n) is 20.5. The first kappa shape index (κ1) is 38.3. The molecule has 0 saturated heterocycles. The third-order valence-corrected chi connectivity index (χ3v) is 11.8. The van der Waals surface area contributed by atoms with E-state index in [9.17, 15) is 9.59 Å². The molecule has 9 aromatic carbocycles. The van der Waals surface area contributed by atoms with Gasteiger partial charge in [-0.2, -0.15) is 0 Å². The van der Waals surface area contributed by atoms with Crippen LogP contribution in [0.3, 0.4) is 0 Å². The molecule has 5 heteroatoms. The Kier molecular flexibility index (Phi) is 9.68. The first-order valence-corrected chi connectivity index (χ1v) is 20.5. The Hall–Kier alpha value is -7.24. The number of nitrogens with zero attached hydrogens (tertiary/aromatic N) is 1. The van der Waals surface area contributed by atoms with Gasteiger partial charge in [-0.05, 0) is 178 Å². The molecule has 0 spiro atoms. The van der Waals surface area contributed by atoms with E-state index in [0.29, 0.717) is 5.56 Å². The maximum Gasteiger partial charge on any atom is 0.255 e. The molecule has 0 aliphatic carbocycles. The third-order valence-electron chi connectivity index (χ3n) is 11.8. The van der Waals surface area contributed by atoms with Crippen LogP contribution in [0.25, 0.3) is 65.3 Å². The van der Waals surface area contributed by atoms with E-state index in [0.717, 1.165) is 44.6 Å². The minimum atomic E-state index is -0.148. The molecule has 0 bridgehead atoms. The van der Waals surface area contributed by atoms with E-state index in [4.69, 9.17) is 0 Å². The van der Waals surface area contributed by atoms with Gasteiger partial charge in [-0.25, -0.2) is 0 Å². The highest BCUT2D eigenvalue weighted by Crippen LogP contribution is 2.45. The summed E-state index contributed by atoms with van der Waals surface area (Å²) in [4.78, 5) is 27.2. The lowest BCUT2D eigenvalue weighted by atomic mass is 9.84. The predicted octanol–water partition coefficient (Wildman–Crippen LogP) is 14.2. The van der Waals surface area contributed by atoms with Crippen molar-refractivity contribution in [1.29, 1.82) is 0 Å². The minimum Gasteiger partial charge on any atom is -0.345 e. The van der Waals surface area contributed by atoms with Crippen molar-refractivity contribution in [3.8, 4) is 22.3 Å². The van der Waals surface area contributed by atoms with Gasteiger partial charge in [0.15, 0.2) is 0 Å². The van der Waals surface area contributed by atoms with E-state index < -0.39 is 0 Å². The summed E-state index contributed by atoms with van der Waals surface area (Å²) < 4.78 is 0. The number of nitrogens with one attached hydrogen (secondary N) is 2. The molecule has 9 aromatic rings. The van der Waals surface area contributed by atoms with Crippen LogP contribution in [-0.2, 0) is 4.79 Å². The quantitative estimate of drug-likeness (QED) is 0.158. The fourth-order valence-corrected chi connectivity index (χ4v) is 8.86. The SMILES string of the molecule is CC(=O)Nc1ccc(N(C)c2ccc(NC(=O)c3cc4ccc(-c5c6ccc(C)cc6c(-c6ccc7cc(C)cc(C)c7c6)c6ccc(C)cc56)cc4cc3C)cc2)cc1. The van der Waals surface area contributed by atoms with Crippen molar-refractivity contribution in [2.45, 2.75) is 41.5 Å². The topological polar surface area (TPSA) is 61.4 Å². The lowest BCUT2D eigenvalue weighted by Crippen LogP contribution is -2.14. The predicted molar refractivity (Wildman–Crippen MR) is 254 cm³/mol. The summed E-state index contributed by atoms with van der Waals surface area (Å²) in [5, 5.41) is 15.5. The summed E-state index contributed by atoms with van der Waals surface area (Å²) >= 11 is 0. The van der Waals surface area contributed by atoms with Gasteiger partial charge in [0, 0.05) is 42.3 Å². The fourth-order valence-electron chi connectivity index (χ4n) is 8.86. The number of carbonyl (C=O) groups is 2. The number of fused-ring (bicyclic) bond motifs is 4. The zero-order valence-corrected chi connectivity index (χ0v) is 35.1. The highest BCUT2D eigenvalue weighted by atomic mass is 16.2. The van der Waals surface area contributed by atoms with Crippen LogP contribution < -0.4 is 15.5 Å². The van der Waals surface area contributed by atoms with Crippen LogP contribution in [0.1, 0.15) is 45.1 Å². The number of carbonyl (C=O) groups excluding carboxylic acids is 2. The Balaban J connectivity index is 1.05. The number of hydrogen-bond donors (Lipinski definition) is 2. The second-order valence-electron chi connectivity index (χ2n) is 16.4. The molecule has 0 radical (unpaired) electrons. The lowest BCUT2D eigenvalue weighted by molar-refractivity contribution is -0.114. The normalized spacial score (nSPS) is 11.4. The smallest absolute Gasteiger partial charge is 0.255 e. The molecule has 0 atom stereocenters. The largest absolute Gasteiger partial charge is 0.345 e. The van der Waals surface area contributed by atoms with Crippen molar-refractivity contribution in [3.63, 3.8) is 0 Å². The van der Waals surface area contributed by atoms with Crippen molar-refractivity contribution >= 4 is 77.7 Å². The van der Waals surface area contributed by atoms with E-state index in [2.05, 4.69) is 134 Å². The zero-order valence-electron chi connectivity index (χ0n) is 35.1. The Bertz CT molecular complexity index is 3200. The van der Waals surface area contributed by atoms with Crippen molar-refractivity contribution in [2.75, 3.05) is 22.6 Å². The second-order valence-corrected chi connectivity index (χ2v) is 16.4. The molecule has 0 unspecified atom stereocenters. The lowest BCUT2D eigenvalue weighted by Gasteiger charge is -2.20. The van der Waals surface area contributed by atoms with Crippen molar-refractivity contribution in [1.82, 2.24) is 0 Å². The van der Waals surface area contributed by atoms with Gasteiger partial charge in [0.1, 0.15) is 0 Å². The Labute approximate surface area is 351 Å². The monoisotopic (exact) mass is 781 g/mol. The van der Waals surface area contributed by atoms with E-state index in [1.54, 1.807) is 0 Å². The number of benzene rings is 9. The van der Waals surface area contributed by atoms with Crippen molar-refractivity contribution < 1.29 is 9.59 Å². The van der Waals surface area contributed by atoms with Gasteiger partial charge in [-0.15, -0.1) is 0 Å². The maximum atomic E-state index is 13.8. The van der Waals surface area contributed by atoms with Gasteiger partial charge < -0.3 is 15.5 Å². The minimum absolute atomic E-state index is 0.102. The zero-order chi connectivity index (χ0) is 41.8. The molecular formula is C55H47N3O2. The van der Waals surface area contributed by atoms with Crippen molar-refractivity contribution in [2.24, 2.45) is 0 Å². The molecular weight excluding hydrogens is 735 g/mol. The molecule has 0 aliphatic heterocycles. The van der Waals surface area contributed by atoms with Crippen LogP contribution in [0, 0.1) is 34.6 Å². The summed E-state index contributed by atoms with van der Waals surface area (Å²) in [6.07, 6.45) is 0. The highest BCUT2D eigenvalue weighted by Gasteiger charge is 2.19. The number of rotatable bonds is 7. The number of aryl methyl sites for hydroxylation is 5. The average Bonchev–Trinajstić information content (AvgIpc) is 3.22. The number of hydrogen-bond acceptors (Lipinski definition) is 3. The Morgan fingerprint density at radius 1 is 0.433 bits per heavy atom. The van der Waals surface area contributed by atoms with Crippen LogP contribution in [0.5, 0.6) is 0 Å². The van der Waals surface area contributed by atoms with Crippen molar-refractivity contribution in [3.05, 3.63) is 179 Å². The molecule has 60 heavy (non-hydrogen) atoms. The molecule has 0 fully saturated rings. The Morgan fingerprint density at radius 3 is 1.57 bits per heavy atom. The molecule has 2 N–H and O–H groups in total. The van der Waals surface area contributed by atoms with E-state index >= 15 is 0 Å². The van der Waals surface area contributed by atoms with Gasteiger partial charge >= 0.3 is 0 Å². The number of amides is 2.